The topological polar surface area (TPSA) is 106 Å². The Hall–Kier alpha value is -3.15. The standard InChI is InChI=1S/C22H27N3O3/c1-3-10-25(11-4-2)22(28)19-14-16(20(23)26)13-18(21(24)27)17(19)12-15-8-6-5-7-9-15/h5-9,13-14H,3-4,10-12H2,1-2H3,(H2,23,26)(H2,24,27). The quantitative estimate of drug-likeness (QED) is 0.697. The zero-order valence-electron chi connectivity index (χ0n) is 16.4. The van der Waals surface area contributed by atoms with Crippen molar-refractivity contribution in [3.8, 4) is 0 Å². The fourth-order valence-corrected chi connectivity index (χ4v) is 3.24. The van der Waals surface area contributed by atoms with Crippen LogP contribution in [0.25, 0.3) is 0 Å². The predicted molar refractivity (Wildman–Crippen MR) is 109 cm³/mol. The molecule has 0 fully saturated rings. The zero-order valence-corrected chi connectivity index (χ0v) is 16.4. The molecule has 0 radical (unpaired) electrons. The van der Waals surface area contributed by atoms with Crippen molar-refractivity contribution in [2.75, 3.05) is 13.1 Å². The number of hydrogen-bond donors (Lipinski definition) is 2. The molecular formula is C22H27N3O3. The first kappa shape index (κ1) is 21.2. The summed E-state index contributed by atoms with van der Waals surface area (Å²) in [5, 5.41) is 0. The van der Waals surface area contributed by atoms with Gasteiger partial charge in [-0.3, -0.25) is 14.4 Å². The summed E-state index contributed by atoms with van der Waals surface area (Å²) < 4.78 is 0. The van der Waals surface area contributed by atoms with Crippen molar-refractivity contribution in [1.29, 1.82) is 0 Å². The summed E-state index contributed by atoms with van der Waals surface area (Å²) in [5.41, 5.74) is 13.0. The highest BCUT2D eigenvalue weighted by molar-refractivity contribution is 6.05. The molecule has 6 heteroatoms. The largest absolute Gasteiger partial charge is 0.366 e. The minimum Gasteiger partial charge on any atom is -0.366 e. The maximum atomic E-state index is 13.3. The van der Waals surface area contributed by atoms with Gasteiger partial charge in [0.05, 0.1) is 0 Å². The SMILES string of the molecule is CCCN(CCC)C(=O)c1cc(C(N)=O)cc(C(N)=O)c1Cc1ccccc1. The molecule has 0 heterocycles. The summed E-state index contributed by atoms with van der Waals surface area (Å²) in [5.74, 6) is -1.62. The molecule has 2 aromatic rings. The van der Waals surface area contributed by atoms with Crippen LogP contribution in [0.15, 0.2) is 42.5 Å². The van der Waals surface area contributed by atoms with E-state index in [1.165, 1.54) is 12.1 Å². The number of nitrogens with two attached hydrogens (primary N) is 2. The van der Waals surface area contributed by atoms with Gasteiger partial charge in [-0.15, -0.1) is 0 Å². The molecule has 0 spiro atoms. The van der Waals surface area contributed by atoms with E-state index in [0.29, 0.717) is 30.6 Å². The number of benzene rings is 2. The van der Waals surface area contributed by atoms with E-state index in [9.17, 15) is 14.4 Å². The molecule has 0 saturated carbocycles. The number of carbonyl (C=O) groups excluding carboxylic acids is 3. The van der Waals surface area contributed by atoms with Crippen LogP contribution >= 0.6 is 0 Å². The van der Waals surface area contributed by atoms with Crippen molar-refractivity contribution in [2.45, 2.75) is 33.1 Å². The van der Waals surface area contributed by atoms with E-state index in [0.717, 1.165) is 18.4 Å². The Balaban J connectivity index is 2.66. The first-order valence-electron chi connectivity index (χ1n) is 9.48. The molecule has 148 valence electrons. The Bertz CT molecular complexity index is 857. The fourth-order valence-electron chi connectivity index (χ4n) is 3.24. The summed E-state index contributed by atoms with van der Waals surface area (Å²) in [6, 6.07) is 12.4. The van der Waals surface area contributed by atoms with Crippen LogP contribution < -0.4 is 11.5 Å². The van der Waals surface area contributed by atoms with Gasteiger partial charge in [0, 0.05) is 29.8 Å². The molecule has 0 aliphatic carbocycles. The Kier molecular flexibility index (Phi) is 7.32. The Morgan fingerprint density at radius 3 is 1.93 bits per heavy atom. The number of primary amides is 2. The van der Waals surface area contributed by atoms with Crippen molar-refractivity contribution >= 4 is 17.7 Å². The van der Waals surface area contributed by atoms with Gasteiger partial charge in [-0.05, 0) is 42.5 Å². The van der Waals surface area contributed by atoms with E-state index in [2.05, 4.69) is 0 Å². The minimum atomic E-state index is -0.708. The van der Waals surface area contributed by atoms with Gasteiger partial charge >= 0.3 is 0 Å². The van der Waals surface area contributed by atoms with Crippen LogP contribution in [0, 0.1) is 0 Å². The Labute approximate surface area is 165 Å². The van der Waals surface area contributed by atoms with Crippen LogP contribution in [-0.2, 0) is 6.42 Å². The molecule has 0 aromatic heterocycles. The molecule has 0 atom stereocenters. The van der Waals surface area contributed by atoms with Crippen LogP contribution in [0.3, 0.4) is 0 Å². The van der Waals surface area contributed by atoms with Crippen molar-refractivity contribution < 1.29 is 14.4 Å². The van der Waals surface area contributed by atoms with E-state index in [-0.39, 0.29) is 17.0 Å². The summed E-state index contributed by atoms with van der Waals surface area (Å²) in [6.07, 6.45) is 1.96. The molecular weight excluding hydrogens is 354 g/mol. The van der Waals surface area contributed by atoms with Crippen LogP contribution in [0.2, 0.25) is 0 Å². The zero-order chi connectivity index (χ0) is 20.7. The maximum Gasteiger partial charge on any atom is 0.254 e. The number of hydrogen-bond acceptors (Lipinski definition) is 3. The van der Waals surface area contributed by atoms with Crippen LogP contribution in [-0.4, -0.2) is 35.7 Å². The first-order chi connectivity index (χ1) is 13.4. The fraction of sp³-hybridized carbons (Fsp3) is 0.318. The highest BCUT2D eigenvalue weighted by Crippen LogP contribution is 2.23. The number of carbonyl (C=O) groups is 3. The molecule has 28 heavy (non-hydrogen) atoms. The molecule has 6 nitrogen and oxygen atoms in total. The molecule has 2 aromatic carbocycles. The predicted octanol–water partition coefficient (Wildman–Crippen LogP) is 2.74. The highest BCUT2D eigenvalue weighted by Gasteiger charge is 2.24. The summed E-state index contributed by atoms with van der Waals surface area (Å²) in [4.78, 5) is 39.0. The van der Waals surface area contributed by atoms with Gasteiger partial charge in [-0.2, -0.15) is 0 Å². The Morgan fingerprint density at radius 2 is 1.43 bits per heavy atom. The smallest absolute Gasteiger partial charge is 0.254 e. The van der Waals surface area contributed by atoms with Gasteiger partial charge in [-0.25, -0.2) is 0 Å². The molecule has 0 aliphatic rings. The van der Waals surface area contributed by atoms with E-state index < -0.39 is 11.8 Å². The third-order valence-corrected chi connectivity index (χ3v) is 4.53. The third-order valence-electron chi connectivity index (χ3n) is 4.53. The second kappa shape index (κ2) is 9.69. The van der Waals surface area contributed by atoms with Crippen molar-refractivity contribution in [3.63, 3.8) is 0 Å². The van der Waals surface area contributed by atoms with Crippen LogP contribution in [0.1, 0.15) is 68.9 Å². The van der Waals surface area contributed by atoms with Crippen molar-refractivity contribution in [3.05, 3.63) is 70.3 Å². The average molecular weight is 381 g/mol. The summed E-state index contributed by atoms with van der Waals surface area (Å²) in [6.45, 7) is 5.17. The van der Waals surface area contributed by atoms with E-state index >= 15 is 0 Å². The van der Waals surface area contributed by atoms with Gasteiger partial charge in [0.25, 0.3) is 5.91 Å². The molecule has 2 rings (SSSR count). The van der Waals surface area contributed by atoms with Gasteiger partial charge in [0.1, 0.15) is 0 Å². The average Bonchev–Trinajstić information content (AvgIpc) is 2.67. The molecule has 0 unspecified atom stereocenters. The first-order valence-corrected chi connectivity index (χ1v) is 9.48. The van der Waals surface area contributed by atoms with E-state index in [1.54, 1.807) is 4.90 Å². The molecule has 3 amide bonds. The normalized spacial score (nSPS) is 10.5. The lowest BCUT2D eigenvalue weighted by molar-refractivity contribution is 0.0754. The van der Waals surface area contributed by atoms with Gasteiger partial charge < -0.3 is 16.4 Å². The highest BCUT2D eigenvalue weighted by atomic mass is 16.2. The summed E-state index contributed by atoms with van der Waals surface area (Å²) >= 11 is 0. The van der Waals surface area contributed by atoms with Crippen LogP contribution in [0.5, 0.6) is 0 Å². The molecule has 0 bridgehead atoms. The lowest BCUT2D eigenvalue weighted by atomic mass is 9.91. The summed E-state index contributed by atoms with van der Waals surface area (Å²) in [7, 11) is 0. The minimum absolute atomic E-state index is 0.0990. The number of rotatable bonds is 9. The lowest BCUT2D eigenvalue weighted by Gasteiger charge is -2.24. The van der Waals surface area contributed by atoms with Crippen LogP contribution in [0.4, 0.5) is 0 Å². The number of nitrogens with zero attached hydrogens (tertiary/aromatic N) is 1. The Morgan fingerprint density at radius 1 is 0.857 bits per heavy atom. The van der Waals surface area contributed by atoms with Gasteiger partial charge in [0.15, 0.2) is 0 Å². The van der Waals surface area contributed by atoms with Gasteiger partial charge in [-0.1, -0.05) is 44.2 Å². The van der Waals surface area contributed by atoms with Gasteiger partial charge in [0.2, 0.25) is 11.8 Å². The van der Waals surface area contributed by atoms with E-state index in [1.807, 2.05) is 44.2 Å². The van der Waals surface area contributed by atoms with E-state index in [4.69, 9.17) is 11.5 Å². The maximum absolute atomic E-state index is 13.3. The van der Waals surface area contributed by atoms with Crippen molar-refractivity contribution in [2.24, 2.45) is 11.5 Å². The molecule has 4 N–H and O–H groups in total. The number of amides is 3. The molecule has 0 saturated heterocycles. The lowest BCUT2D eigenvalue weighted by Crippen LogP contribution is -2.34. The van der Waals surface area contributed by atoms with Crippen molar-refractivity contribution in [1.82, 2.24) is 4.90 Å². The monoisotopic (exact) mass is 381 g/mol. The second-order valence-electron chi connectivity index (χ2n) is 6.73. The second-order valence-corrected chi connectivity index (χ2v) is 6.73. The molecule has 0 aliphatic heterocycles. The third kappa shape index (κ3) is 4.97.